The Morgan fingerprint density at radius 3 is 1.69 bits per heavy atom. The summed E-state index contributed by atoms with van der Waals surface area (Å²) in [5.74, 6) is 0.641. The topological polar surface area (TPSA) is 29.3 Å². The Labute approximate surface area is 301 Å². The summed E-state index contributed by atoms with van der Waals surface area (Å²) in [5.41, 5.74) is 10.7. The zero-order valence-electron chi connectivity index (χ0n) is 28.3. The second kappa shape index (κ2) is 12.4. The summed E-state index contributed by atoms with van der Waals surface area (Å²) in [5, 5.41) is 7.29. The van der Waals surface area contributed by atoms with Crippen molar-refractivity contribution in [2.75, 3.05) is 4.90 Å². The fourth-order valence-corrected chi connectivity index (χ4v) is 7.51. The van der Waals surface area contributed by atoms with Crippen LogP contribution in [0.1, 0.15) is 0 Å². The molecule has 0 spiro atoms. The molecule has 0 aliphatic carbocycles. The van der Waals surface area contributed by atoms with E-state index in [-0.39, 0.29) is 0 Å². The Hall–Kier alpha value is -6.97. The first-order chi connectivity index (χ1) is 25.8. The van der Waals surface area contributed by atoms with Gasteiger partial charge in [-0.25, -0.2) is 4.98 Å². The van der Waals surface area contributed by atoms with Crippen molar-refractivity contribution < 1.29 is 4.42 Å². The van der Waals surface area contributed by atoms with Crippen LogP contribution < -0.4 is 4.90 Å². The van der Waals surface area contributed by atoms with Gasteiger partial charge in [-0.15, -0.1) is 0 Å². The highest BCUT2D eigenvalue weighted by molar-refractivity contribution is 6.13. The monoisotopic (exact) mass is 664 g/mol. The molecule has 0 aliphatic heterocycles. The summed E-state index contributed by atoms with van der Waals surface area (Å²) in [6.45, 7) is 0. The molecular formula is C49H32N2O. The Bertz CT molecular complexity index is 2880. The molecule has 0 fully saturated rings. The maximum atomic E-state index is 6.13. The van der Waals surface area contributed by atoms with Crippen molar-refractivity contribution in [1.82, 2.24) is 4.98 Å². The third-order valence-electron chi connectivity index (χ3n) is 10.1. The average molecular weight is 665 g/mol. The lowest BCUT2D eigenvalue weighted by atomic mass is 9.93. The molecule has 0 aliphatic rings. The van der Waals surface area contributed by atoms with Crippen molar-refractivity contribution in [1.29, 1.82) is 0 Å². The van der Waals surface area contributed by atoms with Crippen molar-refractivity contribution in [3.05, 3.63) is 194 Å². The van der Waals surface area contributed by atoms with Crippen LogP contribution in [-0.4, -0.2) is 4.98 Å². The number of nitrogens with zero attached hydrogens (tertiary/aromatic N) is 2. The van der Waals surface area contributed by atoms with Crippen LogP contribution in [0.5, 0.6) is 0 Å². The van der Waals surface area contributed by atoms with Crippen molar-refractivity contribution in [2.45, 2.75) is 0 Å². The molecule has 0 N–H and O–H groups in total. The molecule has 0 unspecified atom stereocenters. The van der Waals surface area contributed by atoms with Crippen LogP contribution in [0.25, 0.3) is 77.1 Å². The van der Waals surface area contributed by atoms with Crippen molar-refractivity contribution in [3.8, 4) is 33.7 Å². The number of benzene rings is 9. The van der Waals surface area contributed by atoms with Crippen LogP contribution in [0, 0.1) is 0 Å². The van der Waals surface area contributed by atoms with E-state index in [4.69, 9.17) is 9.40 Å². The number of hydrogen-bond donors (Lipinski definition) is 0. The van der Waals surface area contributed by atoms with Crippen LogP contribution >= 0.6 is 0 Å². The number of anilines is 3. The molecule has 10 aromatic rings. The van der Waals surface area contributed by atoms with E-state index in [0.717, 1.165) is 55.6 Å². The SMILES string of the molecule is c1ccc(-c2nc3c(ccc4cc(-c5ccc(N(c6ccccc6)c6ccc(-c7cc8ccccc8c8ccccc78)cc6)cc5)ccc43)o2)cc1. The van der Waals surface area contributed by atoms with E-state index in [0.29, 0.717) is 5.89 Å². The van der Waals surface area contributed by atoms with Crippen LogP contribution in [0.15, 0.2) is 199 Å². The van der Waals surface area contributed by atoms with Crippen molar-refractivity contribution >= 4 is 60.5 Å². The summed E-state index contributed by atoms with van der Waals surface area (Å²) < 4.78 is 6.13. The van der Waals surface area contributed by atoms with Crippen molar-refractivity contribution in [3.63, 3.8) is 0 Å². The zero-order chi connectivity index (χ0) is 34.4. The maximum Gasteiger partial charge on any atom is 0.227 e. The molecule has 0 bridgehead atoms. The quantitative estimate of drug-likeness (QED) is 0.166. The number of para-hydroxylation sites is 1. The van der Waals surface area contributed by atoms with Gasteiger partial charge >= 0.3 is 0 Å². The molecule has 1 heterocycles. The van der Waals surface area contributed by atoms with Gasteiger partial charge in [-0.1, -0.05) is 127 Å². The highest BCUT2D eigenvalue weighted by Crippen LogP contribution is 2.40. The average Bonchev–Trinajstić information content (AvgIpc) is 3.67. The molecule has 0 saturated heterocycles. The minimum absolute atomic E-state index is 0.641. The van der Waals surface area contributed by atoms with Gasteiger partial charge in [0.05, 0.1) is 0 Å². The van der Waals surface area contributed by atoms with Crippen LogP contribution in [0.4, 0.5) is 17.1 Å². The smallest absolute Gasteiger partial charge is 0.227 e. The van der Waals surface area contributed by atoms with E-state index >= 15 is 0 Å². The summed E-state index contributed by atoms with van der Waals surface area (Å²) in [6, 6.07) is 68.9. The standard InChI is InChI=1S/C49H32N2O/c1-3-11-35(12-4-1)49-50-48-43-29-23-36(31-38(43)24-30-47(48)52-49)33-19-25-40(26-20-33)51(39-14-5-2-6-15-39)41-27-21-34(22-28-41)46-32-37-13-7-8-16-42(37)44-17-9-10-18-45(44)46/h1-32H. The Kier molecular flexibility index (Phi) is 7.14. The fraction of sp³-hybridized carbons (Fsp3) is 0. The Morgan fingerprint density at radius 1 is 0.365 bits per heavy atom. The van der Waals surface area contributed by atoms with Gasteiger partial charge in [-0.3, -0.25) is 0 Å². The van der Waals surface area contributed by atoms with E-state index in [9.17, 15) is 0 Å². The molecule has 244 valence electrons. The minimum atomic E-state index is 0.641. The van der Waals surface area contributed by atoms with Gasteiger partial charge in [0.25, 0.3) is 0 Å². The van der Waals surface area contributed by atoms with E-state index < -0.39 is 0 Å². The molecular weight excluding hydrogens is 633 g/mol. The predicted octanol–water partition coefficient (Wildman–Crippen LogP) is 13.8. The molecule has 10 rings (SSSR count). The van der Waals surface area contributed by atoms with Crippen LogP contribution in [0.2, 0.25) is 0 Å². The number of aromatic nitrogens is 1. The van der Waals surface area contributed by atoms with E-state index in [2.05, 4.69) is 163 Å². The normalized spacial score (nSPS) is 11.5. The number of rotatable bonds is 6. The third-order valence-corrected chi connectivity index (χ3v) is 10.1. The second-order valence-electron chi connectivity index (χ2n) is 13.2. The molecule has 3 heteroatoms. The van der Waals surface area contributed by atoms with Gasteiger partial charge in [-0.2, -0.15) is 0 Å². The molecule has 0 radical (unpaired) electrons. The van der Waals surface area contributed by atoms with Gasteiger partial charge in [-0.05, 0) is 116 Å². The largest absolute Gasteiger partial charge is 0.436 e. The number of oxazole rings is 1. The predicted molar refractivity (Wildman–Crippen MR) is 218 cm³/mol. The first-order valence-electron chi connectivity index (χ1n) is 17.6. The lowest BCUT2D eigenvalue weighted by Crippen LogP contribution is -2.09. The third kappa shape index (κ3) is 5.19. The highest BCUT2D eigenvalue weighted by atomic mass is 16.3. The van der Waals surface area contributed by atoms with Gasteiger partial charge in [0.2, 0.25) is 5.89 Å². The van der Waals surface area contributed by atoms with Crippen LogP contribution in [0.3, 0.4) is 0 Å². The van der Waals surface area contributed by atoms with E-state index in [1.165, 1.54) is 32.7 Å². The maximum absolute atomic E-state index is 6.13. The first kappa shape index (κ1) is 29.9. The first-order valence-corrected chi connectivity index (χ1v) is 17.6. The molecule has 3 nitrogen and oxygen atoms in total. The van der Waals surface area contributed by atoms with E-state index in [1.807, 2.05) is 36.4 Å². The lowest BCUT2D eigenvalue weighted by molar-refractivity contribution is 0.620. The summed E-state index contributed by atoms with van der Waals surface area (Å²) in [6.07, 6.45) is 0. The van der Waals surface area contributed by atoms with Gasteiger partial charge in [0, 0.05) is 28.0 Å². The second-order valence-corrected chi connectivity index (χ2v) is 13.2. The molecule has 1 aromatic heterocycles. The molecule has 52 heavy (non-hydrogen) atoms. The summed E-state index contributed by atoms with van der Waals surface area (Å²) >= 11 is 0. The summed E-state index contributed by atoms with van der Waals surface area (Å²) in [7, 11) is 0. The molecule has 9 aromatic carbocycles. The van der Waals surface area contributed by atoms with Gasteiger partial charge < -0.3 is 9.32 Å². The highest BCUT2D eigenvalue weighted by Gasteiger charge is 2.15. The molecule has 0 atom stereocenters. The number of hydrogen-bond acceptors (Lipinski definition) is 3. The molecule has 0 amide bonds. The summed E-state index contributed by atoms with van der Waals surface area (Å²) in [4.78, 5) is 7.20. The minimum Gasteiger partial charge on any atom is -0.436 e. The lowest BCUT2D eigenvalue weighted by Gasteiger charge is -2.26. The van der Waals surface area contributed by atoms with Gasteiger partial charge in [0.1, 0.15) is 5.52 Å². The van der Waals surface area contributed by atoms with Gasteiger partial charge in [0.15, 0.2) is 5.58 Å². The molecule has 0 saturated carbocycles. The van der Waals surface area contributed by atoms with E-state index in [1.54, 1.807) is 0 Å². The van der Waals surface area contributed by atoms with Crippen molar-refractivity contribution in [2.24, 2.45) is 0 Å². The number of fused-ring (bicyclic) bond motifs is 6. The van der Waals surface area contributed by atoms with Crippen LogP contribution in [-0.2, 0) is 0 Å². The Morgan fingerprint density at radius 2 is 0.942 bits per heavy atom. The zero-order valence-corrected chi connectivity index (χ0v) is 28.3. The Balaban J connectivity index is 0.993. The fourth-order valence-electron chi connectivity index (χ4n) is 7.51.